The van der Waals surface area contributed by atoms with Crippen LogP contribution >= 0.6 is 0 Å². The van der Waals surface area contributed by atoms with Crippen LogP contribution in [-0.2, 0) is 34.8 Å². The minimum atomic E-state index is -2.22. The molecular weight excluding hydrogens is 516 g/mol. The maximum atomic E-state index is 12.3. The number of carbonyl (C=O) groups is 2. The van der Waals surface area contributed by atoms with Gasteiger partial charge in [-0.1, -0.05) is 56.2 Å². The largest absolute Gasteiger partial charge is 0.467 e. The van der Waals surface area contributed by atoms with Crippen LogP contribution in [0.15, 0.2) is 35.4 Å². The van der Waals surface area contributed by atoms with Crippen molar-refractivity contribution in [3.63, 3.8) is 0 Å². The van der Waals surface area contributed by atoms with Gasteiger partial charge in [0, 0.05) is 4.91 Å². The highest BCUT2D eigenvalue weighted by atomic mass is 28.4. The van der Waals surface area contributed by atoms with Gasteiger partial charge in [-0.15, -0.1) is 0 Å². The molecule has 0 spiro atoms. The standard InChI is InChI=1S/C24H38N4O9Si/c1-24(2,3)38(5,6)36-14-17-19(29)20(30)18(27-28-25)22(37-17)34-13-16(21(31)33-4)26-23(32)35-12-15-10-8-7-9-11-15/h7-11,16-20,22,29-30H,12-14H2,1-6H3,(H,26,32)/t16-,17+,18+,19-,20+,22-/m0/s1. The summed E-state index contributed by atoms with van der Waals surface area (Å²) >= 11 is 0. The molecule has 0 aliphatic carbocycles. The SMILES string of the molecule is COC(=O)[C@H](CO[C@H]1O[C@H](CO[Si](C)(C)C(C)(C)C)[C@H](O)[C@H](O)[C@H]1N=[N+]=[N-])NC(=O)OCc1ccccc1. The second-order valence-electron chi connectivity index (χ2n) is 10.4. The van der Waals surface area contributed by atoms with E-state index in [4.69, 9.17) is 28.9 Å². The Morgan fingerprint density at radius 2 is 1.87 bits per heavy atom. The molecule has 0 aromatic heterocycles. The molecule has 212 valence electrons. The van der Waals surface area contributed by atoms with E-state index in [1.807, 2.05) is 19.2 Å². The number of aliphatic hydroxyl groups excluding tert-OH is 2. The summed E-state index contributed by atoms with van der Waals surface area (Å²) in [6, 6.07) is 6.33. The first-order valence-corrected chi connectivity index (χ1v) is 15.1. The van der Waals surface area contributed by atoms with Crippen LogP contribution in [0.2, 0.25) is 18.1 Å². The molecule has 0 unspecified atom stereocenters. The zero-order valence-electron chi connectivity index (χ0n) is 22.6. The van der Waals surface area contributed by atoms with Gasteiger partial charge < -0.3 is 38.9 Å². The van der Waals surface area contributed by atoms with Gasteiger partial charge in [-0.25, -0.2) is 9.59 Å². The summed E-state index contributed by atoms with van der Waals surface area (Å²) in [6.07, 6.45) is -6.20. The fourth-order valence-corrected chi connectivity index (χ4v) is 4.30. The van der Waals surface area contributed by atoms with Crippen molar-refractivity contribution >= 4 is 20.4 Å². The van der Waals surface area contributed by atoms with E-state index in [9.17, 15) is 19.8 Å². The Morgan fingerprint density at radius 3 is 2.45 bits per heavy atom. The van der Waals surface area contributed by atoms with Gasteiger partial charge >= 0.3 is 12.1 Å². The summed E-state index contributed by atoms with van der Waals surface area (Å²) < 4.78 is 27.5. The second-order valence-corrected chi connectivity index (χ2v) is 15.2. The fraction of sp³-hybridized carbons (Fsp3) is 0.667. The van der Waals surface area contributed by atoms with Gasteiger partial charge in [0.2, 0.25) is 0 Å². The Bertz CT molecular complexity index is 969. The summed E-state index contributed by atoms with van der Waals surface area (Å²) in [7, 11) is -1.08. The van der Waals surface area contributed by atoms with Gasteiger partial charge in [0.1, 0.15) is 24.9 Å². The van der Waals surface area contributed by atoms with Crippen LogP contribution in [0.5, 0.6) is 0 Å². The van der Waals surface area contributed by atoms with Crippen LogP contribution in [0, 0.1) is 0 Å². The lowest BCUT2D eigenvalue weighted by atomic mass is 9.98. The van der Waals surface area contributed by atoms with Crippen LogP contribution in [0.25, 0.3) is 10.4 Å². The Balaban J connectivity index is 2.08. The Hall–Kier alpha value is -2.71. The average Bonchev–Trinajstić information content (AvgIpc) is 2.87. The van der Waals surface area contributed by atoms with E-state index in [0.29, 0.717) is 0 Å². The van der Waals surface area contributed by atoms with Gasteiger partial charge in [-0.3, -0.25) is 0 Å². The van der Waals surface area contributed by atoms with Crippen molar-refractivity contribution in [3.05, 3.63) is 46.3 Å². The lowest BCUT2D eigenvalue weighted by Gasteiger charge is -2.43. The molecule has 3 N–H and O–H groups in total. The van der Waals surface area contributed by atoms with Gasteiger partial charge in [0.05, 0.1) is 26.4 Å². The Labute approximate surface area is 223 Å². The molecule has 2 rings (SSSR count). The number of hydrogen-bond donors (Lipinski definition) is 3. The maximum absolute atomic E-state index is 12.3. The minimum Gasteiger partial charge on any atom is -0.467 e. The van der Waals surface area contributed by atoms with Crippen LogP contribution in [-0.4, -0.2) is 87.6 Å². The minimum absolute atomic E-state index is 0.0217. The number of benzene rings is 1. The molecule has 14 heteroatoms. The first-order chi connectivity index (χ1) is 17.8. The van der Waals surface area contributed by atoms with Gasteiger partial charge in [0.15, 0.2) is 20.6 Å². The number of amides is 1. The molecule has 0 bridgehead atoms. The third kappa shape index (κ3) is 8.66. The lowest BCUT2D eigenvalue weighted by Crippen LogP contribution is -2.60. The first-order valence-electron chi connectivity index (χ1n) is 12.2. The number of aliphatic hydroxyl groups is 2. The first kappa shape index (κ1) is 31.5. The molecule has 13 nitrogen and oxygen atoms in total. The molecule has 0 radical (unpaired) electrons. The number of carbonyl (C=O) groups excluding carboxylic acids is 2. The molecule has 0 saturated carbocycles. The number of azide groups is 1. The zero-order valence-corrected chi connectivity index (χ0v) is 23.6. The molecule has 1 aromatic rings. The van der Waals surface area contributed by atoms with Gasteiger partial charge in [-0.05, 0) is 29.2 Å². The van der Waals surface area contributed by atoms with Crippen molar-refractivity contribution in [1.29, 1.82) is 0 Å². The number of methoxy groups -OCH3 is 1. The highest BCUT2D eigenvalue weighted by Gasteiger charge is 2.47. The van der Waals surface area contributed by atoms with E-state index in [2.05, 4.69) is 36.1 Å². The molecule has 38 heavy (non-hydrogen) atoms. The monoisotopic (exact) mass is 554 g/mol. The highest BCUT2D eigenvalue weighted by Crippen LogP contribution is 2.37. The smallest absolute Gasteiger partial charge is 0.408 e. The molecule has 1 fully saturated rings. The molecule has 1 aliphatic rings. The lowest BCUT2D eigenvalue weighted by molar-refractivity contribution is -0.265. The number of hydrogen-bond acceptors (Lipinski definition) is 10. The predicted molar refractivity (Wildman–Crippen MR) is 138 cm³/mol. The summed E-state index contributed by atoms with van der Waals surface area (Å²) in [5, 5.41) is 27.0. The van der Waals surface area contributed by atoms with E-state index >= 15 is 0 Å². The van der Waals surface area contributed by atoms with E-state index in [0.717, 1.165) is 12.7 Å². The summed E-state index contributed by atoms with van der Waals surface area (Å²) in [4.78, 5) is 27.3. The fourth-order valence-electron chi connectivity index (χ4n) is 3.29. The third-order valence-electron chi connectivity index (χ3n) is 6.69. The van der Waals surface area contributed by atoms with Gasteiger partial charge in [0.25, 0.3) is 0 Å². The number of rotatable bonds is 11. The molecule has 1 saturated heterocycles. The summed E-state index contributed by atoms with van der Waals surface area (Å²) in [5.74, 6) is -0.823. The molecule has 1 aliphatic heterocycles. The quantitative estimate of drug-likeness (QED) is 0.122. The topological polar surface area (TPSA) is 182 Å². The molecule has 1 aromatic carbocycles. The third-order valence-corrected chi connectivity index (χ3v) is 11.2. The molecular formula is C24H38N4O9Si. The number of ether oxygens (including phenoxy) is 4. The van der Waals surface area contributed by atoms with Crippen molar-refractivity contribution < 1.29 is 43.2 Å². The van der Waals surface area contributed by atoms with Gasteiger partial charge in [-0.2, -0.15) is 0 Å². The van der Waals surface area contributed by atoms with Crippen molar-refractivity contribution in [2.75, 3.05) is 20.3 Å². The van der Waals surface area contributed by atoms with Crippen molar-refractivity contribution in [1.82, 2.24) is 5.32 Å². The molecule has 1 amide bonds. The van der Waals surface area contributed by atoms with Crippen LogP contribution < -0.4 is 5.32 Å². The highest BCUT2D eigenvalue weighted by molar-refractivity contribution is 6.74. The van der Waals surface area contributed by atoms with E-state index in [1.165, 1.54) is 0 Å². The van der Waals surface area contributed by atoms with Crippen LogP contribution in [0.3, 0.4) is 0 Å². The van der Waals surface area contributed by atoms with E-state index in [-0.39, 0.29) is 18.3 Å². The summed E-state index contributed by atoms with van der Waals surface area (Å²) in [5.41, 5.74) is 9.72. The zero-order chi connectivity index (χ0) is 28.5. The Morgan fingerprint density at radius 1 is 1.21 bits per heavy atom. The predicted octanol–water partition coefficient (Wildman–Crippen LogP) is 2.62. The molecule has 6 atom stereocenters. The number of esters is 1. The number of alkyl carbamates (subject to hydrolysis) is 1. The van der Waals surface area contributed by atoms with Crippen LogP contribution in [0.1, 0.15) is 26.3 Å². The molecule has 1 heterocycles. The number of nitrogens with zero attached hydrogens (tertiary/aromatic N) is 3. The van der Waals surface area contributed by atoms with Crippen LogP contribution in [0.4, 0.5) is 4.79 Å². The summed E-state index contributed by atoms with van der Waals surface area (Å²) in [6.45, 7) is 9.70. The van der Waals surface area contributed by atoms with E-state index < -0.39 is 63.7 Å². The Kier molecular flexibility index (Phi) is 11.5. The van der Waals surface area contributed by atoms with Crippen molar-refractivity contribution in [2.45, 2.75) is 82.2 Å². The maximum Gasteiger partial charge on any atom is 0.408 e. The average molecular weight is 555 g/mol. The van der Waals surface area contributed by atoms with Crippen molar-refractivity contribution in [3.8, 4) is 0 Å². The second kappa shape index (κ2) is 13.9. The van der Waals surface area contributed by atoms with E-state index in [1.54, 1.807) is 24.3 Å². The normalized spacial score (nSPS) is 24.6. The number of nitrogens with one attached hydrogen (secondary N) is 1. The van der Waals surface area contributed by atoms with Crippen molar-refractivity contribution in [2.24, 2.45) is 5.11 Å².